The van der Waals surface area contributed by atoms with E-state index in [1.807, 2.05) is 24.4 Å². The molecule has 100 valence electrons. The molecule has 2 heterocycles. The number of hydrogen-bond donors (Lipinski definition) is 2. The summed E-state index contributed by atoms with van der Waals surface area (Å²) in [6, 6.07) is 9.39. The van der Waals surface area contributed by atoms with E-state index >= 15 is 0 Å². The lowest BCUT2D eigenvalue weighted by molar-refractivity contribution is 1.02. The zero-order valence-corrected chi connectivity index (χ0v) is 12.5. The van der Waals surface area contributed by atoms with Crippen LogP contribution in [0.3, 0.4) is 0 Å². The molecule has 5 nitrogen and oxygen atoms in total. The number of aromatic amines is 1. The summed E-state index contributed by atoms with van der Waals surface area (Å²) in [7, 11) is 0. The molecule has 20 heavy (non-hydrogen) atoms. The van der Waals surface area contributed by atoms with Crippen LogP contribution >= 0.6 is 27.5 Å². The van der Waals surface area contributed by atoms with Crippen molar-refractivity contribution in [2.75, 3.05) is 5.43 Å². The summed E-state index contributed by atoms with van der Waals surface area (Å²) in [4.78, 5) is 3.19. The number of hydrogen-bond acceptors (Lipinski definition) is 4. The molecule has 1 aromatic carbocycles. The van der Waals surface area contributed by atoms with Gasteiger partial charge in [-0.3, -0.25) is 5.43 Å². The third-order valence-corrected chi connectivity index (χ3v) is 3.39. The first-order valence-electron chi connectivity index (χ1n) is 5.77. The summed E-state index contributed by atoms with van der Waals surface area (Å²) < 4.78 is 1.02. The van der Waals surface area contributed by atoms with Crippen LogP contribution in [-0.4, -0.2) is 21.4 Å². The number of hydrazone groups is 1. The molecule has 0 atom stereocenters. The van der Waals surface area contributed by atoms with Gasteiger partial charge in [-0.1, -0.05) is 27.5 Å². The van der Waals surface area contributed by atoms with E-state index < -0.39 is 0 Å². The van der Waals surface area contributed by atoms with E-state index in [-0.39, 0.29) is 0 Å². The molecule has 0 fully saturated rings. The van der Waals surface area contributed by atoms with Gasteiger partial charge in [0.25, 0.3) is 0 Å². The van der Waals surface area contributed by atoms with Crippen LogP contribution in [0.2, 0.25) is 5.15 Å². The van der Waals surface area contributed by atoms with Crippen molar-refractivity contribution in [2.45, 2.75) is 0 Å². The van der Waals surface area contributed by atoms with Crippen molar-refractivity contribution in [3.63, 3.8) is 0 Å². The fraction of sp³-hybridized carbons (Fsp3) is 0. The Bertz CT molecular complexity index is 766. The highest BCUT2D eigenvalue weighted by atomic mass is 79.9. The molecule has 3 aromatic rings. The van der Waals surface area contributed by atoms with Crippen molar-refractivity contribution in [3.05, 3.63) is 51.7 Å². The smallest absolute Gasteiger partial charge is 0.168 e. The van der Waals surface area contributed by atoms with Crippen molar-refractivity contribution < 1.29 is 0 Å². The van der Waals surface area contributed by atoms with Gasteiger partial charge in [0, 0.05) is 27.1 Å². The molecule has 0 radical (unpaired) electrons. The number of fused-ring (bicyclic) bond motifs is 1. The summed E-state index contributed by atoms with van der Waals surface area (Å²) in [6.45, 7) is 0. The first-order chi connectivity index (χ1) is 9.72. The largest absolute Gasteiger partial charge is 0.361 e. The molecule has 0 saturated carbocycles. The van der Waals surface area contributed by atoms with Crippen molar-refractivity contribution in [1.29, 1.82) is 0 Å². The minimum atomic E-state index is 0.348. The molecule has 2 N–H and O–H groups in total. The number of rotatable bonds is 3. The predicted molar refractivity (Wildman–Crippen MR) is 84.3 cm³/mol. The molecule has 0 amide bonds. The van der Waals surface area contributed by atoms with E-state index in [4.69, 9.17) is 11.6 Å². The fourth-order valence-corrected chi connectivity index (χ4v) is 2.23. The van der Waals surface area contributed by atoms with Crippen LogP contribution < -0.4 is 5.43 Å². The normalized spacial score (nSPS) is 11.3. The van der Waals surface area contributed by atoms with Gasteiger partial charge in [0.1, 0.15) is 0 Å². The Hall–Kier alpha value is -1.92. The van der Waals surface area contributed by atoms with Crippen LogP contribution in [0.15, 0.2) is 46.1 Å². The van der Waals surface area contributed by atoms with Crippen molar-refractivity contribution in [1.82, 2.24) is 15.2 Å². The third-order valence-electron chi connectivity index (χ3n) is 2.69. The molecule has 0 unspecified atom stereocenters. The molecule has 0 aliphatic carbocycles. The maximum Gasteiger partial charge on any atom is 0.168 e. The monoisotopic (exact) mass is 349 g/mol. The number of nitrogens with one attached hydrogen (secondary N) is 2. The lowest BCUT2D eigenvalue weighted by Crippen LogP contribution is -1.94. The molecular weight excluding hydrogens is 342 g/mol. The number of H-pyrrole nitrogens is 1. The van der Waals surface area contributed by atoms with Crippen LogP contribution in [0.4, 0.5) is 5.82 Å². The Morgan fingerprint density at radius 3 is 2.95 bits per heavy atom. The summed E-state index contributed by atoms with van der Waals surface area (Å²) in [5.74, 6) is 0.534. The summed E-state index contributed by atoms with van der Waals surface area (Å²) >= 11 is 9.12. The molecule has 0 saturated heterocycles. The molecule has 0 spiro atoms. The van der Waals surface area contributed by atoms with Gasteiger partial charge in [0.2, 0.25) is 0 Å². The van der Waals surface area contributed by atoms with E-state index in [0.29, 0.717) is 11.0 Å². The van der Waals surface area contributed by atoms with Gasteiger partial charge in [0.15, 0.2) is 11.0 Å². The SMILES string of the molecule is Clc1ccc(N/N=C/c2c[nH]c3ccc(Br)cc23)nn1. The number of benzene rings is 1. The third kappa shape index (κ3) is 2.81. The highest BCUT2D eigenvalue weighted by Crippen LogP contribution is 2.21. The zero-order valence-electron chi connectivity index (χ0n) is 10.1. The van der Waals surface area contributed by atoms with Gasteiger partial charge in [-0.05, 0) is 30.3 Å². The second-order valence-corrected chi connectivity index (χ2v) is 5.35. The predicted octanol–water partition coefficient (Wildman–Crippen LogP) is 3.82. The minimum absolute atomic E-state index is 0.348. The van der Waals surface area contributed by atoms with Gasteiger partial charge in [-0.2, -0.15) is 5.10 Å². The Morgan fingerprint density at radius 2 is 2.15 bits per heavy atom. The van der Waals surface area contributed by atoms with Crippen LogP contribution in [-0.2, 0) is 0 Å². The fourth-order valence-electron chi connectivity index (χ4n) is 1.76. The quantitative estimate of drug-likeness (QED) is 0.557. The lowest BCUT2D eigenvalue weighted by atomic mass is 10.2. The van der Waals surface area contributed by atoms with Crippen LogP contribution in [0.5, 0.6) is 0 Å². The molecular formula is C13H9BrClN5. The summed E-state index contributed by atoms with van der Waals surface area (Å²) in [5, 5.41) is 13.2. The number of aromatic nitrogens is 3. The van der Waals surface area contributed by atoms with Crippen LogP contribution in [0, 0.1) is 0 Å². The maximum absolute atomic E-state index is 5.66. The second-order valence-electron chi connectivity index (χ2n) is 4.05. The molecule has 0 bridgehead atoms. The average Bonchev–Trinajstić information content (AvgIpc) is 2.84. The van der Waals surface area contributed by atoms with E-state index in [1.165, 1.54) is 0 Å². The van der Waals surface area contributed by atoms with E-state index in [0.717, 1.165) is 20.9 Å². The summed E-state index contributed by atoms with van der Waals surface area (Å²) in [6.07, 6.45) is 3.62. The van der Waals surface area contributed by atoms with E-state index in [2.05, 4.69) is 41.6 Å². The van der Waals surface area contributed by atoms with Gasteiger partial charge >= 0.3 is 0 Å². The first-order valence-corrected chi connectivity index (χ1v) is 6.94. The molecule has 3 rings (SSSR count). The summed E-state index contributed by atoms with van der Waals surface area (Å²) in [5.41, 5.74) is 4.84. The van der Waals surface area contributed by atoms with Crippen LogP contribution in [0.25, 0.3) is 10.9 Å². The topological polar surface area (TPSA) is 66.0 Å². The molecule has 0 aliphatic heterocycles. The zero-order chi connectivity index (χ0) is 13.9. The van der Waals surface area contributed by atoms with Crippen LogP contribution in [0.1, 0.15) is 5.56 Å². The Kier molecular flexibility index (Phi) is 3.66. The minimum Gasteiger partial charge on any atom is -0.361 e. The van der Waals surface area contributed by atoms with E-state index in [9.17, 15) is 0 Å². The lowest BCUT2D eigenvalue weighted by Gasteiger charge is -1.97. The Morgan fingerprint density at radius 1 is 1.25 bits per heavy atom. The van der Waals surface area contributed by atoms with Gasteiger partial charge in [0.05, 0.1) is 6.21 Å². The van der Waals surface area contributed by atoms with Gasteiger partial charge in [-0.15, -0.1) is 10.2 Å². The van der Waals surface area contributed by atoms with Gasteiger partial charge in [-0.25, -0.2) is 0 Å². The highest BCUT2D eigenvalue weighted by Gasteiger charge is 2.01. The van der Waals surface area contributed by atoms with Gasteiger partial charge < -0.3 is 4.98 Å². The standard InChI is InChI=1S/C13H9BrClN5/c14-9-1-2-11-10(5-9)8(6-16-11)7-17-19-13-4-3-12(15)18-20-13/h1-7,16H,(H,19,20)/b17-7+. The van der Waals surface area contributed by atoms with E-state index in [1.54, 1.807) is 18.3 Å². The van der Waals surface area contributed by atoms with Crippen molar-refractivity contribution >= 4 is 50.5 Å². The number of anilines is 1. The Labute approximate surface area is 128 Å². The van der Waals surface area contributed by atoms with Crippen molar-refractivity contribution in [3.8, 4) is 0 Å². The second kappa shape index (κ2) is 5.60. The highest BCUT2D eigenvalue weighted by molar-refractivity contribution is 9.10. The molecule has 2 aromatic heterocycles. The maximum atomic E-state index is 5.66. The van der Waals surface area contributed by atoms with Crippen molar-refractivity contribution in [2.24, 2.45) is 5.10 Å². The number of nitrogens with zero attached hydrogens (tertiary/aromatic N) is 3. The first kappa shape index (κ1) is 13.1. The Balaban J connectivity index is 1.80. The molecule has 0 aliphatic rings. The number of halogens is 2. The molecule has 7 heteroatoms. The average molecular weight is 351 g/mol.